The van der Waals surface area contributed by atoms with Crippen LogP contribution in [-0.2, 0) is 9.59 Å². The average Bonchev–Trinajstić information content (AvgIpc) is 2.18. The van der Waals surface area contributed by atoms with Crippen molar-refractivity contribution in [2.45, 2.75) is 6.92 Å². The number of ketones is 1. The normalized spacial score (nSPS) is 14.4. The fraction of sp³-hybridized carbons (Fsp3) is 0.273. The molecule has 0 unspecified atom stereocenters. The fourth-order valence-electron chi connectivity index (χ4n) is 1.73. The lowest BCUT2D eigenvalue weighted by molar-refractivity contribution is -0.116. The van der Waals surface area contributed by atoms with Crippen LogP contribution in [0.25, 0.3) is 0 Å². The molecule has 1 amide bonds. The standard InChI is InChI=1S/C11H11BrN2O2/c1-7(15)5-14-6-11(16)13-9-3-2-8(12)4-10(9)14/h2-4H,5-6H2,1H3,(H,13,16). The molecular formula is C11H11BrN2O2. The van der Waals surface area contributed by atoms with E-state index in [1.807, 2.05) is 18.2 Å². The zero-order valence-electron chi connectivity index (χ0n) is 8.79. The van der Waals surface area contributed by atoms with E-state index in [1.54, 1.807) is 4.90 Å². The summed E-state index contributed by atoms with van der Waals surface area (Å²) in [6.07, 6.45) is 0. The highest BCUT2D eigenvalue weighted by Crippen LogP contribution is 2.31. The Balaban J connectivity index is 2.39. The van der Waals surface area contributed by atoms with Crippen LogP contribution in [0, 0.1) is 0 Å². The summed E-state index contributed by atoms with van der Waals surface area (Å²) in [5.41, 5.74) is 1.63. The second-order valence-electron chi connectivity index (χ2n) is 3.77. The van der Waals surface area contributed by atoms with E-state index in [4.69, 9.17) is 0 Å². The number of carbonyl (C=O) groups excluding carboxylic acids is 2. The molecule has 0 aromatic heterocycles. The lowest BCUT2D eigenvalue weighted by Gasteiger charge is -2.30. The molecule has 0 spiro atoms. The summed E-state index contributed by atoms with van der Waals surface area (Å²) in [7, 11) is 0. The van der Waals surface area contributed by atoms with E-state index in [0.29, 0.717) is 0 Å². The van der Waals surface area contributed by atoms with Gasteiger partial charge in [-0.25, -0.2) is 0 Å². The summed E-state index contributed by atoms with van der Waals surface area (Å²) < 4.78 is 0.927. The van der Waals surface area contributed by atoms with Gasteiger partial charge in [-0.1, -0.05) is 15.9 Å². The van der Waals surface area contributed by atoms with E-state index in [-0.39, 0.29) is 24.8 Å². The molecule has 0 radical (unpaired) electrons. The summed E-state index contributed by atoms with van der Waals surface area (Å²) >= 11 is 3.37. The SMILES string of the molecule is CC(=O)CN1CC(=O)Nc2ccc(Br)cc21. The van der Waals surface area contributed by atoms with Crippen LogP contribution in [0.5, 0.6) is 0 Å². The number of halogens is 1. The third-order valence-corrected chi connectivity index (χ3v) is 2.82. The lowest BCUT2D eigenvalue weighted by atomic mass is 10.2. The van der Waals surface area contributed by atoms with Gasteiger partial charge < -0.3 is 10.2 Å². The topological polar surface area (TPSA) is 49.4 Å². The molecule has 1 aliphatic heterocycles. The van der Waals surface area contributed by atoms with Crippen molar-refractivity contribution in [1.29, 1.82) is 0 Å². The van der Waals surface area contributed by atoms with Crippen LogP contribution in [-0.4, -0.2) is 24.8 Å². The predicted molar refractivity (Wildman–Crippen MR) is 65.7 cm³/mol. The van der Waals surface area contributed by atoms with E-state index >= 15 is 0 Å². The van der Waals surface area contributed by atoms with Crippen molar-refractivity contribution in [2.24, 2.45) is 0 Å². The first-order valence-electron chi connectivity index (χ1n) is 4.90. The predicted octanol–water partition coefficient (Wildman–Crippen LogP) is 1.80. The highest BCUT2D eigenvalue weighted by atomic mass is 79.9. The number of nitrogens with one attached hydrogen (secondary N) is 1. The van der Waals surface area contributed by atoms with Gasteiger partial charge in [0, 0.05) is 4.47 Å². The molecule has 0 saturated heterocycles. The van der Waals surface area contributed by atoms with Crippen molar-refractivity contribution in [3.63, 3.8) is 0 Å². The third kappa shape index (κ3) is 2.24. The minimum atomic E-state index is -0.0870. The Hall–Kier alpha value is -1.36. The highest BCUT2D eigenvalue weighted by molar-refractivity contribution is 9.10. The molecule has 4 nitrogen and oxygen atoms in total. The van der Waals surface area contributed by atoms with E-state index < -0.39 is 0 Å². The summed E-state index contributed by atoms with van der Waals surface area (Å²) in [4.78, 5) is 24.3. The summed E-state index contributed by atoms with van der Waals surface area (Å²) in [5.74, 6) is -0.0447. The first-order valence-corrected chi connectivity index (χ1v) is 5.69. The van der Waals surface area contributed by atoms with Crippen molar-refractivity contribution < 1.29 is 9.59 Å². The Kier molecular flexibility index (Phi) is 2.96. The van der Waals surface area contributed by atoms with E-state index in [1.165, 1.54) is 6.92 Å². The van der Waals surface area contributed by atoms with Gasteiger partial charge in [0.15, 0.2) is 0 Å². The molecule has 5 heteroatoms. The van der Waals surface area contributed by atoms with Crippen LogP contribution in [0.1, 0.15) is 6.92 Å². The number of fused-ring (bicyclic) bond motifs is 1. The van der Waals surface area contributed by atoms with Gasteiger partial charge in [0.05, 0.1) is 24.5 Å². The monoisotopic (exact) mass is 282 g/mol. The number of nitrogens with zero attached hydrogens (tertiary/aromatic N) is 1. The van der Waals surface area contributed by atoms with Gasteiger partial charge in [0.1, 0.15) is 5.78 Å². The Morgan fingerprint density at radius 2 is 2.31 bits per heavy atom. The average molecular weight is 283 g/mol. The van der Waals surface area contributed by atoms with Crippen LogP contribution in [0.3, 0.4) is 0 Å². The van der Waals surface area contributed by atoms with Crippen LogP contribution in [0.4, 0.5) is 11.4 Å². The maximum atomic E-state index is 11.4. The molecule has 1 N–H and O–H groups in total. The number of rotatable bonds is 2. The van der Waals surface area contributed by atoms with Crippen LogP contribution < -0.4 is 10.2 Å². The number of anilines is 2. The van der Waals surface area contributed by atoms with Gasteiger partial charge in [-0.2, -0.15) is 0 Å². The summed E-state index contributed by atoms with van der Waals surface area (Å²) in [6.45, 7) is 2.00. The van der Waals surface area contributed by atoms with Gasteiger partial charge in [-0.05, 0) is 25.1 Å². The molecule has 2 rings (SSSR count). The Morgan fingerprint density at radius 3 is 3.00 bits per heavy atom. The van der Waals surface area contributed by atoms with Crippen molar-refractivity contribution >= 4 is 39.0 Å². The van der Waals surface area contributed by atoms with Crippen molar-refractivity contribution in [3.05, 3.63) is 22.7 Å². The van der Waals surface area contributed by atoms with Gasteiger partial charge in [0.25, 0.3) is 0 Å². The molecule has 0 aliphatic carbocycles. The van der Waals surface area contributed by atoms with Gasteiger partial charge in [0.2, 0.25) is 5.91 Å². The maximum Gasteiger partial charge on any atom is 0.243 e. The lowest BCUT2D eigenvalue weighted by Crippen LogP contribution is -2.40. The molecule has 0 atom stereocenters. The molecule has 84 valence electrons. The number of hydrogen-bond donors (Lipinski definition) is 1. The zero-order valence-corrected chi connectivity index (χ0v) is 10.4. The third-order valence-electron chi connectivity index (χ3n) is 2.32. The Morgan fingerprint density at radius 1 is 1.56 bits per heavy atom. The van der Waals surface area contributed by atoms with Crippen molar-refractivity contribution in [2.75, 3.05) is 23.3 Å². The first kappa shape index (κ1) is 11.1. The molecule has 0 fully saturated rings. The quantitative estimate of drug-likeness (QED) is 0.900. The molecule has 1 heterocycles. The largest absolute Gasteiger partial charge is 0.353 e. The van der Waals surface area contributed by atoms with Gasteiger partial charge >= 0.3 is 0 Å². The summed E-state index contributed by atoms with van der Waals surface area (Å²) in [6, 6.07) is 5.58. The van der Waals surface area contributed by atoms with Crippen molar-refractivity contribution in [1.82, 2.24) is 0 Å². The second kappa shape index (κ2) is 4.25. The number of Topliss-reactive ketones (excluding diaryl/α,β-unsaturated/α-hetero) is 1. The number of hydrogen-bond acceptors (Lipinski definition) is 3. The molecule has 0 saturated carbocycles. The summed E-state index contributed by atoms with van der Waals surface area (Å²) in [5, 5.41) is 2.78. The molecule has 16 heavy (non-hydrogen) atoms. The molecule has 1 aromatic rings. The Bertz CT molecular complexity index is 459. The van der Waals surface area contributed by atoms with Crippen molar-refractivity contribution in [3.8, 4) is 0 Å². The van der Waals surface area contributed by atoms with Crippen LogP contribution in [0.2, 0.25) is 0 Å². The smallest absolute Gasteiger partial charge is 0.243 e. The van der Waals surface area contributed by atoms with Crippen LogP contribution >= 0.6 is 15.9 Å². The molecule has 1 aliphatic rings. The fourth-order valence-corrected chi connectivity index (χ4v) is 2.08. The van der Waals surface area contributed by atoms with E-state index in [2.05, 4.69) is 21.2 Å². The molecular weight excluding hydrogens is 272 g/mol. The molecule has 0 bridgehead atoms. The first-order chi connectivity index (χ1) is 7.56. The number of amides is 1. The zero-order chi connectivity index (χ0) is 11.7. The minimum Gasteiger partial charge on any atom is -0.353 e. The highest BCUT2D eigenvalue weighted by Gasteiger charge is 2.22. The number of carbonyl (C=O) groups is 2. The Labute approximate surface area is 102 Å². The minimum absolute atomic E-state index is 0.0422. The van der Waals surface area contributed by atoms with Gasteiger partial charge in [-0.15, -0.1) is 0 Å². The second-order valence-corrected chi connectivity index (χ2v) is 4.68. The molecule has 1 aromatic carbocycles. The van der Waals surface area contributed by atoms with Gasteiger partial charge in [-0.3, -0.25) is 9.59 Å². The number of benzene rings is 1. The van der Waals surface area contributed by atoms with E-state index in [9.17, 15) is 9.59 Å². The maximum absolute atomic E-state index is 11.4. The van der Waals surface area contributed by atoms with E-state index in [0.717, 1.165) is 15.8 Å². The van der Waals surface area contributed by atoms with Crippen LogP contribution in [0.15, 0.2) is 22.7 Å².